The second-order valence-corrected chi connectivity index (χ2v) is 5.96. The molecule has 1 aliphatic rings. The molecule has 5 nitrogen and oxygen atoms in total. The molecule has 1 saturated carbocycles. The van der Waals surface area contributed by atoms with E-state index in [1.165, 1.54) is 18.4 Å². The minimum absolute atomic E-state index is 0.280. The fourth-order valence-corrected chi connectivity index (χ4v) is 3.00. The van der Waals surface area contributed by atoms with Gasteiger partial charge in [0.2, 0.25) is 0 Å². The number of nitrogens with zero attached hydrogens (tertiary/aromatic N) is 3. The van der Waals surface area contributed by atoms with Gasteiger partial charge in [-0.1, -0.05) is 43.2 Å². The van der Waals surface area contributed by atoms with Crippen molar-refractivity contribution in [2.75, 3.05) is 0 Å². The summed E-state index contributed by atoms with van der Waals surface area (Å²) in [5.41, 5.74) is 1.24. The molecule has 1 aromatic carbocycles. The van der Waals surface area contributed by atoms with E-state index in [1.807, 2.05) is 17.7 Å². The minimum Gasteiger partial charge on any atom is -0.372 e. The first-order valence-electron chi connectivity index (χ1n) is 8.05. The molecule has 1 fully saturated rings. The first-order chi connectivity index (χ1) is 10.8. The highest BCUT2D eigenvalue weighted by atomic mass is 16.5. The fraction of sp³-hybridized carbons (Fsp3) is 0.529. The summed E-state index contributed by atoms with van der Waals surface area (Å²) in [6.45, 7) is 1.43. The molecule has 1 N–H and O–H groups in total. The molecule has 1 aliphatic carbocycles. The Labute approximate surface area is 131 Å². The Bertz CT molecular complexity index is 569. The van der Waals surface area contributed by atoms with Crippen molar-refractivity contribution < 1.29 is 4.74 Å². The number of rotatable bonds is 6. The third kappa shape index (κ3) is 3.93. The van der Waals surface area contributed by atoms with Crippen molar-refractivity contribution >= 4 is 0 Å². The van der Waals surface area contributed by atoms with Crippen molar-refractivity contribution in [1.82, 2.24) is 20.1 Å². The van der Waals surface area contributed by atoms with Crippen molar-refractivity contribution in [3.8, 4) is 0 Å². The van der Waals surface area contributed by atoms with Crippen LogP contribution in [-0.2, 0) is 24.9 Å². The molecule has 22 heavy (non-hydrogen) atoms. The largest absolute Gasteiger partial charge is 0.372 e. The Kier molecular flexibility index (Phi) is 5.19. The Balaban J connectivity index is 1.53. The first kappa shape index (κ1) is 15.2. The molecule has 0 unspecified atom stereocenters. The zero-order valence-electron chi connectivity index (χ0n) is 13.1. The van der Waals surface area contributed by atoms with E-state index in [0.29, 0.717) is 12.6 Å². The minimum atomic E-state index is 0.280. The summed E-state index contributed by atoms with van der Waals surface area (Å²) in [5.74, 6) is 0.965. The Morgan fingerprint density at radius 2 is 2.05 bits per heavy atom. The van der Waals surface area contributed by atoms with Crippen LogP contribution < -0.4 is 5.32 Å². The standard InChI is InChI=1S/C17H24N4O/c1-21-13-19-20-17(21)11-18-15-9-5-6-10-16(15)22-12-14-7-3-2-4-8-14/h2-4,7-8,13,15-16,18H,5-6,9-12H2,1H3/t15-,16+/m1/s1. The number of benzene rings is 1. The van der Waals surface area contributed by atoms with Gasteiger partial charge in [-0.3, -0.25) is 0 Å². The molecule has 1 aromatic heterocycles. The van der Waals surface area contributed by atoms with Gasteiger partial charge < -0.3 is 14.6 Å². The van der Waals surface area contributed by atoms with Crippen molar-refractivity contribution in [2.45, 2.75) is 51.0 Å². The maximum atomic E-state index is 6.18. The van der Waals surface area contributed by atoms with E-state index in [9.17, 15) is 0 Å². The quantitative estimate of drug-likeness (QED) is 0.890. The molecule has 0 bridgehead atoms. The summed E-state index contributed by atoms with van der Waals surface area (Å²) in [7, 11) is 1.97. The number of aryl methyl sites for hydroxylation is 1. The molecule has 118 valence electrons. The van der Waals surface area contributed by atoms with Crippen LogP contribution in [0.3, 0.4) is 0 Å². The van der Waals surface area contributed by atoms with Gasteiger partial charge in [0.15, 0.2) is 0 Å². The molecule has 0 amide bonds. The molecule has 0 spiro atoms. The van der Waals surface area contributed by atoms with Gasteiger partial charge in [0, 0.05) is 13.1 Å². The third-order valence-electron chi connectivity index (χ3n) is 4.34. The average Bonchev–Trinajstić information content (AvgIpc) is 2.98. The van der Waals surface area contributed by atoms with Crippen LogP contribution in [0.1, 0.15) is 37.1 Å². The van der Waals surface area contributed by atoms with E-state index in [2.05, 4.69) is 39.8 Å². The van der Waals surface area contributed by atoms with E-state index in [4.69, 9.17) is 4.74 Å². The van der Waals surface area contributed by atoms with Gasteiger partial charge in [0.25, 0.3) is 0 Å². The molecular formula is C17H24N4O. The summed E-state index contributed by atoms with van der Waals surface area (Å²) in [6, 6.07) is 10.8. The molecule has 0 aliphatic heterocycles. The van der Waals surface area contributed by atoms with Crippen LogP contribution >= 0.6 is 0 Å². The van der Waals surface area contributed by atoms with Crippen LogP contribution in [0.5, 0.6) is 0 Å². The molecule has 2 atom stereocenters. The van der Waals surface area contributed by atoms with E-state index < -0.39 is 0 Å². The lowest BCUT2D eigenvalue weighted by Gasteiger charge is -2.32. The summed E-state index contributed by atoms with van der Waals surface area (Å²) in [4.78, 5) is 0. The number of hydrogen-bond acceptors (Lipinski definition) is 4. The van der Waals surface area contributed by atoms with Gasteiger partial charge in [0.05, 0.1) is 19.3 Å². The number of aromatic nitrogens is 3. The highest BCUT2D eigenvalue weighted by molar-refractivity contribution is 5.13. The highest BCUT2D eigenvalue weighted by Gasteiger charge is 2.25. The zero-order chi connectivity index (χ0) is 15.2. The zero-order valence-corrected chi connectivity index (χ0v) is 13.1. The molecule has 0 radical (unpaired) electrons. The second kappa shape index (κ2) is 7.51. The maximum Gasteiger partial charge on any atom is 0.146 e. The average molecular weight is 300 g/mol. The van der Waals surface area contributed by atoms with Crippen LogP contribution in [0.4, 0.5) is 0 Å². The van der Waals surface area contributed by atoms with Crippen LogP contribution in [0, 0.1) is 0 Å². The molecular weight excluding hydrogens is 276 g/mol. The third-order valence-corrected chi connectivity index (χ3v) is 4.34. The van der Waals surface area contributed by atoms with Crippen LogP contribution in [0.25, 0.3) is 0 Å². The van der Waals surface area contributed by atoms with Gasteiger partial charge in [-0.2, -0.15) is 0 Å². The maximum absolute atomic E-state index is 6.18. The van der Waals surface area contributed by atoms with Gasteiger partial charge in [0.1, 0.15) is 12.2 Å². The predicted molar refractivity (Wildman–Crippen MR) is 85.1 cm³/mol. The number of nitrogens with one attached hydrogen (secondary N) is 1. The Morgan fingerprint density at radius 3 is 2.82 bits per heavy atom. The van der Waals surface area contributed by atoms with Gasteiger partial charge in [-0.15, -0.1) is 10.2 Å². The van der Waals surface area contributed by atoms with E-state index >= 15 is 0 Å². The predicted octanol–water partition coefficient (Wildman–Crippen LogP) is 2.43. The molecule has 5 heteroatoms. The van der Waals surface area contributed by atoms with Crippen molar-refractivity contribution in [3.05, 3.63) is 48.0 Å². The van der Waals surface area contributed by atoms with Crippen LogP contribution in [-0.4, -0.2) is 26.9 Å². The molecule has 3 rings (SSSR count). The number of hydrogen-bond donors (Lipinski definition) is 1. The van der Waals surface area contributed by atoms with Crippen molar-refractivity contribution in [1.29, 1.82) is 0 Å². The van der Waals surface area contributed by atoms with Crippen molar-refractivity contribution in [3.63, 3.8) is 0 Å². The second-order valence-electron chi connectivity index (χ2n) is 5.96. The molecule has 1 heterocycles. The summed E-state index contributed by atoms with van der Waals surface area (Å²) < 4.78 is 8.13. The highest BCUT2D eigenvalue weighted by Crippen LogP contribution is 2.22. The lowest BCUT2D eigenvalue weighted by Crippen LogP contribution is -2.43. The summed E-state index contributed by atoms with van der Waals surface area (Å²) in [6.07, 6.45) is 6.83. The van der Waals surface area contributed by atoms with Gasteiger partial charge >= 0.3 is 0 Å². The Hall–Kier alpha value is -1.72. The summed E-state index contributed by atoms with van der Waals surface area (Å²) in [5, 5.41) is 11.7. The smallest absolute Gasteiger partial charge is 0.146 e. The van der Waals surface area contributed by atoms with E-state index in [1.54, 1.807) is 6.33 Å². The lowest BCUT2D eigenvalue weighted by molar-refractivity contribution is -0.00615. The molecule has 0 saturated heterocycles. The van der Waals surface area contributed by atoms with E-state index in [-0.39, 0.29) is 6.10 Å². The Morgan fingerprint density at radius 1 is 1.23 bits per heavy atom. The topological polar surface area (TPSA) is 52.0 Å². The number of ether oxygens (including phenoxy) is 1. The van der Waals surface area contributed by atoms with Gasteiger partial charge in [-0.25, -0.2) is 0 Å². The molecule has 2 aromatic rings. The van der Waals surface area contributed by atoms with Crippen molar-refractivity contribution in [2.24, 2.45) is 7.05 Å². The van der Waals surface area contributed by atoms with Gasteiger partial charge in [-0.05, 0) is 18.4 Å². The normalized spacial score (nSPS) is 21.9. The monoisotopic (exact) mass is 300 g/mol. The lowest BCUT2D eigenvalue weighted by atomic mass is 9.92. The van der Waals surface area contributed by atoms with Crippen LogP contribution in [0.15, 0.2) is 36.7 Å². The SMILES string of the molecule is Cn1cnnc1CN[C@@H]1CCCC[C@@H]1OCc1ccccc1. The van der Waals surface area contributed by atoms with E-state index in [0.717, 1.165) is 25.2 Å². The fourth-order valence-electron chi connectivity index (χ4n) is 3.00. The first-order valence-corrected chi connectivity index (χ1v) is 8.05. The summed E-state index contributed by atoms with van der Waals surface area (Å²) >= 11 is 0. The van der Waals surface area contributed by atoms with Crippen LogP contribution in [0.2, 0.25) is 0 Å².